The predicted molar refractivity (Wildman–Crippen MR) is 83.8 cm³/mol. The van der Waals surface area contributed by atoms with Crippen LogP contribution < -0.4 is 0 Å². The van der Waals surface area contributed by atoms with Gasteiger partial charge < -0.3 is 0 Å². The van der Waals surface area contributed by atoms with Crippen molar-refractivity contribution in [2.75, 3.05) is 0 Å². The first-order chi connectivity index (χ1) is 12.4. The summed E-state index contributed by atoms with van der Waals surface area (Å²) in [5.41, 5.74) is -2.05. The largest absolute Gasteiger partial charge is 0.419 e. The molecule has 0 amide bonds. The second-order valence-corrected chi connectivity index (χ2v) is 6.26. The first-order valence-corrected chi connectivity index (χ1v) is 7.94. The van der Waals surface area contributed by atoms with E-state index in [-0.39, 0.29) is 27.9 Å². The summed E-state index contributed by atoms with van der Waals surface area (Å²) in [7, 11) is 0. The third-order valence-corrected chi connectivity index (χ3v) is 4.38. The molecule has 0 radical (unpaired) electrons. The zero-order chi connectivity index (χ0) is 18.5. The van der Waals surface area contributed by atoms with Gasteiger partial charge in [-0.1, -0.05) is 11.3 Å². The number of hydrogen-bond acceptors (Lipinski definition) is 4. The Morgan fingerprint density at radius 3 is 2.50 bits per heavy atom. The number of carbonyl (C=O) groups is 1. The van der Waals surface area contributed by atoms with Crippen molar-refractivity contribution in [3.05, 3.63) is 41.5 Å². The molecular formula is C17H12F4N4O. The highest BCUT2D eigenvalue weighted by atomic mass is 19.4. The Morgan fingerprint density at radius 1 is 1.15 bits per heavy atom. The van der Waals surface area contributed by atoms with Crippen LogP contribution in [0.25, 0.3) is 22.2 Å². The lowest BCUT2D eigenvalue weighted by Crippen LogP contribution is -2.10. The highest BCUT2D eigenvalue weighted by molar-refractivity contribution is 5.87. The molecule has 1 saturated carbocycles. The van der Waals surface area contributed by atoms with Gasteiger partial charge in [0, 0.05) is 17.7 Å². The van der Waals surface area contributed by atoms with Crippen LogP contribution in [0.3, 0.4) is 0 Å². The van der Waals surface area contributed by atoms with Crippen LogP contribution in [0.15, 0.2) is 24.3 Å². The number of hydrogen-bond donors (Lipinski definition) is 0. The Bertz CT molecular complexity index is 1010. The topological polar surface area (TPSA) is 60.7 Å². The summed E-state index contributed by atoms with van der Waals surface area (Å²) in [5, 5.41) is 7.55. The zero-order valence-electron chi connectivity index (χ0n) is 13.3. The molecule has 1 aromatic carbocycles. The van der Waals surface area contributed by atoms with E-state index >= 15 is 0 Å². The van der Waals surface area contributed by atoms with Gasteiger partial charge in [0.05, 0.1) is 11.1 Å². The lowest BCUT2D eigenvalue weighted by atomic mass is 9.98. The number of nitrogens with zero attached hydrogens (tertiary/aromatic N) is 4. The van der Waals surface area contributed by atoms with Crippen LogP contribution in [0.5, 0.6) is 0 Å². The number of benzene rings is 1. The summed E-state index contributed by atoms with van der Waals surface area (Å²) in [6.45, 7) is 0.511. The Morgan fingerprint density at radius 2 is 1.88 bits per heavy atom. The van der Waals surface area contributed by atoms with E-state index in [9.17, 15) is 22.4 Å². The van der Waals surface area contributed by atoms with Crippen molar-refractivity contribution < 1.29 is 22.4 Å². The van der Waals surface area contributed by atoms with Crippen molar-refractivity contribution in [1.29, 1.82) is 0 Å². The summed E-state index contributed by atoms with van der Waals surface area (Å²) < 4.78 is 56.9. The Labute approximate surface area is 144 Å². The first kappa shape index (κ1) is 16.6. The van der Waals surface area contributed by atoms with E-state index in [1.165, 1.54) is 22.9 Å². The molecule has 2 heterocycles. The maximum absolute atomic E-state index is 14.2. The molecule has 134 valence electrons. The third kappa shape index (κ3) is 2.83. The molecule has 5 nitrogen and oxygen atoms in total. The molecule has 4 rings (SSSR count). The molecule has 0 unspecified atom stereocenters. The minimum absolute atomic E-state index is 0.198. The smallest absolute Gasteiger partial charge is 0.296 e. The molecule has 0 N–H and O–H groups in total. The van der Waals surface area contributed by atoms with Gasteiger partial charge in [0.15, 0.2) is 6.29 Å². The molecule has 1 aliphatic rings. The number of rotatable bonds is 4. The van der Waals surface area contributed by atoms with Gasteiger partial charge in [0.2, 0.25) is 5.95 Å². The number of aldehydes is 1. The van der Waals surface area contributed by atoms with Crippen LogP contribution >= 0.6 is 0 Å². The average Bonchev–Trinajstić information content (AvgIpc) is 3.32. The summed E-state index contributed by atoms with van der Waals surface area (Å²) in [6, 6.07) is 4.92. The Hall–Kier alpha value is -2.84. The molecule has 0 spiro atoms. The van der Waals surface area contributed by atoms with Gasteiger partial charge >= 0.3 is 6.18 Å². The highest BCUT2D eigenvalue weighted by Gasteiger charge is 2.38. The van der Waals surface area contributed by atoms with Crippen LogP contribution in [0.1, 0.15) is 28.9 Å². The van der Waals surface area contributed by atoms with E-state index in [1.807, 2.05) is 0 Å². The third-order valence-electron chi connectivity index (χ3n) is 4.38. The second-order valence-electron chi connectivity index (χ2n) is 6.26. The summed E-state index contributed by atoms with van der Waals surface area (Å²) in [4.78, 5) is 14.1. The minimum Gasteiger partial charge on any atom is -0.296 e. The Kier molecular flexibility index (Phi) is 3.74. The van der Waals surface area contributed by atoms with Crippen LogP contribution in [0, 0.1) is 11.9 Å². The molecular weight excluding hydrogens is 352 g/mol. The van der Waals surface area contributed by atoms with E-state index in [0.29, 0.717) is 18.7 Å². The van der Waals surface area contributed by atoms with E-state index < -0.39 is 17.7 Å². The average molecular weight is 364 g/mol. The maximum Gasteiger partial charge on any atom is 0.419 e. The van der Waals surface area contributed by atoms with Crippen LogP contribution in [-0.2, 0) is 12.7 Å². The normalized spacial score (nSPS) is 14.8. The zero-order valence-corrected chi connectivity index (χ0v) is 13.3. The first-order valence-electron chi connectivity index (χ1n) is 7.94. The SMILES string of the molecule is O=Cc1ccc(-c2ccc3c(nnn3CC3CC3)c2C(F)(F)F)c(F)n1. The second kappa shape index (κ2) is 5.86. The minimum atomic E-state index is -4.76. The van der Waals surface area contributed by atoms with E-state index in [0.717, 1.165) is 18.9 Å². The Balaban J connectivity index is 1.93. The van der Waals surface area contributed by atoms with Crippen LogP contribution in [-0.4, -0.2) is 26.3 Å². The molecule has 0 bridgehead atoms. The fraction of sp³-hybridized carbons (Fsp3) is 0.294. The molecule has 0 aliphatic heterocycles. The summed E-state index contributed by atoms with van der Waals surface area (Å²) in [5.74, 6) is -0.740. The van der Waals surface area contributed by atoms with Crippen molar-refractivity contribution in [3.63, 3.8) is 0 Å². The predicted octanol–water partition coefficient (Wildman–Crippen LogP) is 3.87. The monoisotopic (exact) mass is 364 g/mol. The van der Waals surface area contributed by atoms with Crippen molar-refractivity contribution in [1.82, 2.24) is 20.0 Å². The van der Waals surface area contributed by atoms with E-state index in [1.54, 1.807) is 0 Å². The highest BCUT2D eigenvalue weighted by Crippen LogP contribution is 2.42. The molecule has 26 heavy (non-hydrogen) atoms. The van der Waals surface area contributed by atoms with Crippen molar-refractivity contribution in [2.45, 2.75) is 25.6 Å². The molecule has 1 fully saturated rings. The van der Waals surface area contributed by atoms with Gasteiger partial charge in [0.1, 0.15) is 11.2 Å². The quantitative estimate of drug-likeness (QED) is 0.401. The number of fused-ring (bicyclic) bond motifs is 1. The number of pyridine rings is 1. The van der Waals surface area contributed by atoms with E-state index in [2.05, 4.69) is 15.3 Å². The molecule has 9 heteroatoms. The molecule has 0 saturated heterocycles. The lowest BCUT2D eigenvalue weighted by molar-refractivity contribution is -0.135. The van der Waals surface area contributed by atoms with Gasteiger partial charge in [-0.25, -0.2) is 9.67 Å². The molecule has 3 aromatic rings. The van der Waals surface area contributed by atoms with Gasteiger partial charge in [-0.2, -0.15) is 17.6 Å². The van der Waals surface area contributed by atoms with Gasteiger partial charge in [-0.15, -0.1) is 5.10 Å². The molecule has 0 atom stereocenters. The van der Waals surface area contributed by atoms with Crippen molar-refractivity contribution in [2.24, 2.45) is 5.92 Å². The van der Waals surface area contributed by atoms with Crippen LogP contribution in [0.2, 0.25) is 0 Å². The van der Waals surface area contributed by atoms with Gasteiger partial charge in [-0.3, -0.25) is 4.79 Å². The van der Waals surface area contributed by atoms with Gasteiger partial charge in [-0.05, 0) is 37.0 Å². The van der Waals surface area contributed by atoms with Gasteiger partial charge in [0.25, 0.3) is 0 Å². The van der Waals surface area contributed by atoms with Crippen LogP contribution in [0.4, 0.5) is 17.6 Å². The molecule has 2 aromatic heterocycles. The van der Waals surface area contributed by atoms with E-state index in [4.69, 9.17) is 0 Å². The lowest BCUT2D eigenvalue weighted by Gasteiger charge is -2.14. The summed E-state index contributed by atoms with van der Waals surface area (Å²) in [6.07, 6.45) is -2.40. The molecule has 1 aliphatic carbocycles. The number of halogens is 4. The standard InChI is InChI=1S/C17H12F4N4O/c18-16-12(4-3-10(8-26)22-16)11-5-6-13-15(14(11)17(19,20)21)23-24-25(13)7-9-1-2-9/h3-6,8-9H,1-2,7H2. The number of aromatic nitrogens is 4. The number of carbonyl (C=O) groups excluding carboxylic acids is 1. The van der Waals surface area contributed by atoms with Crippen molar-refractivity contribution >= 4 is 17.3 Å². The van der Waals surface area contributed by atoms with Crippen molar-refractivity contribution in [3.8, 4) is 11.1 Å². The summed E-state index contributed by atoms with van der Waals surface area (Å²) >= 11 is 0. The maximum atomic E-state index is 14.2. The number of alkyl halides is 3. The fourth-order valence-corrected chi connectivity index (χ4v) is 2.94. The fourth-order valence-electron chi connectivity index (χ4n) is 2.94.